The van der Waals surface area contributed by atoms with E-state index in [4.69, 9.17) is 14.9 Å². The van der Waals surface area contributed by atoms with E-state index in [0.717, 1.165) is 11.3 Å². The predicted octanol–water partition coefficient (Wildman–Crippen LogP) is 1.77. The van der Waals surface area contributed by atoms with Crippen LogP contribution in [0.25, 0.3) is 0 Å². The van der Waals surface area contributed by atoms with Gasteiger partial charge < -0.3 is 14.9 Å². The first kappa shape index (κ1) is 12.1. The number of esters is 1. The van der Waals surface area contributed by atoms with Crippen molar-refractivity contribution in [2.75, 3.05) is 0 Å². The van der Waals surface area contributed by atoms with Crippen LogP contribution in [0.5, 0.6) is 11.5 Å². The fraction of sp³-hybridized carbons (Fsp3) is 0. The first-order valence-corrected chi connectivity index (χ1v) is 5.64. The normalized spacial score (nSPS) is 10.0. The highest BCUT2D eigenvalue weighted by atomic mass is 32.1. The largest absolute Gasteiger partial charge is 0.508 e. The zero-order chi connectivity index (χ0) is 13.1. The van der Waals surface area contributed by atoms with Gasteiger partial charge in [0.05, 0.1) is 5.51 Å². The molecule has 2 rings (SSSR count). The highest BCUT2D eigenvalue weighted by Gasteiger charge is 2.21. The van der Waals surface area contributed by atoms with Crippen molar-refractivity contribution >= 4 is 23.3 Å². The lowest BCUT2D eigenvalue weighted by atomic mass is 10.3. The van der Waals surface area contributed by atoms with E-state index in [1.54, 1.807) is 0 Å². The minimum Gasteiger partial charge on any atom is -0.508 e. The van der Waals surface area contributed by atoms with Gasteiger partial charge in [0.15, 0.2) is 5.69 Å². The van der Waals surface area contributed by atoms with Gasteiger partial charge in [-0.3, -0.25) is 0 Å². The molecule has 1 heterocycles. The second kappa shape index (κ2) is 4.84. The SMILES string of the molecule is O=C(Oc1ccc(O)cc1)c1ncsc1C(=O)O. The second-order valence-electron chi connectivity index (χ2n) is 3.22. The Hall–Kier alpha value is -2.41. The lowest BCUT2D eigenvalue weighted by Gasteiger charge is -2.02. The smallest absolute Gasteiger partial charge is 0.364 e. The van der Waals surface area contributed by atoms with E-state index >= 15 is 0 Å². The second-order valence-corrected chi connectivity index (χ2v) is 4.07. The maximum absolute atomic E-state index is 11.7. The Morgan fingerprint density at radius 1 is 1.22 bits per heavy atom. The molecule has 7 heteroatoms. The number of ether oxygens (including phenoxy) is 1. The first-order chi connectivity index (χ1) is 8.58. The number of carboxylic acid groups (broad SMARTS) is 1. The molecule has 0 amide bonds. The fourth-order valence-corrected chi connectivity index (χ4v) is 1.82. The van der Waals surface area contributed by atoms with Gasteiger partial charge in [0.2, 0.25) is 0 Å². The molecule has 0 radical (unpaired) electrons. The number of aromatic hydroxyl groups is 1. The van der Waals surface area contributed by atoms with Crippen molar-refractivity contribution in [3.8, 4) is 11.5 Å². The van der Waals surface area contributed by atoms with E-state index in [1.807, 2.05) is 0 Å². The summed E-state index contributed by atoms with van der Waals surface area (Å²) in [6, 6.07) is 5.48. The Morgan fingerprint density at radius 3 is 2.50 bits per heavy atom. The first-order valence-electron chi connectivity index (χ1n) is 4.76. The summed E-state index contributed by atoms with van der Waals surface area (Å²) in [6.07, 6.45) is 0. The number of thiazole rings is 1. The highest BCUT2D eigenvalue weighted by molar-refractivity contribution is 7.12. The van der Waals surface area contributed by atoms with Crippen molar-refractivity contribution in [1.82, 2.24) is 4.98 Å². The summed E-state index contributed by atoms with van der Waals surface area (Å²) in [5, 5.41) is 17.9. The monoisotopic (exact) mass is 265 g/mol. The van der Waals surface area contributed by atoms with Crippen LogP contribution in [0.3, 0.4) is 0 Å². The third-order valence-electron chi connectivity index (χ3n) is 2.00. The minimum absolute atomic E-state index is 0.0367. The Labute approximate surface area is 105 Å². The van der Waals surface area contributed by atoms with Crippen molar-refractivity contribution in [3.05, 3.63) is 40.3 Å². The van der Waals surface area contributed by atoms with Crippen LogP contribution >= 0.6 is 11.3 Å². The van der Waals surface area contributed by atoms with Crippen LogP contribution in [0.15, 0.2) is 29.8 Å². The molecule has 6 nitrogen and oxygen atoms in total. The van der Waals surface area contributed by atoms with Crippen LogP contribution in [-0.2, 0) is 0 Å². The third kappa shape index (κ3) is 2.46. The summed E-state index contributed by atoms with van der Waals surface area (Å²) in [6.45, 7) is 0. The Balaban J connectivity index is 2.19. The molecule has 2 N–H and O–H groups in total. The Kier molecular flexibility index (Phi) is 3.24. The molecular formula is C11H7NO5S. The molecule has 1 aromatic carbocycles. The van der Waals surface area contributed by atoms with Crippen LogP contribution < -0.4 is 4.74 Å². The topological polar surface area (TPSA) is 96.7 Å². The number of phenolic OH excluding ortho intramolecular Hbond substituents is 1. The molecule has 0 spiro atoms. The van der Waals surface area contributed by atoms with E-state index in [2.05, 4.69) is 4.98 Å². The summed E-state index contributed by atoms with van der Waals surface area (Å²) in [5.74, 6) is -1.84. The number of carboxylic acids is 1. The molecular weight excluding hydrogens is 258 g/mol. The van der Waals surface area contributed by atoms with Gasteiger partial charge in [0, 0.05) is 0 Å². The van der Waals surface area contributed by atoms with Gasteiger partial charge in [-0.05, 0) is 24.3 Å². The van der Waals surface area contributed by atoms with Gasteiger partial charge in [0.25, 0.3) is 0 Å². The molecule has 92 valence electrons. The molecule has 0 aliphatic rings. The molecule has 0 unspecified atom stereocenters. The summed E-state index contributed by atoms with van der Waals surface area (Å²) < 4.78 is 4.94. The number of benzene rings is 1. The highest BCUT2D eigenvalue weighted by Crippen LogP contribution is 2.19. The van der Waals surface area contributed by atoms with Crippen molar-refractivity contribution in [3.63, 3.8) is 0 Å². The standard InChI is InChI=1S/C11H7NO5S/c13-6-1-3-7(4-2-6)17-11(16)8-9(10(14)15)18-5-12-8/h1-5,13H,(H,14,15). The van der Waals surface area contributed by atoms with Crippen molar-refractivity contribution in [2.45, 2.75) is 0 Å². The molecule has 0 atom stereocenters. The van der Waals surface area contributed by atoms with Gasteiger partial charge in [-0.2, -0.15) is 0 Å². The van der Waals surface area contributed by atoms with Crippen molar-refractivity contribution in [1.29, 1.82) is 0 Å². The number of carbonyl (C=O) groups excluding carboxylic acids is 1. The molecule has 0 bridgehead atoms. The van der Waals surface area contributed by atoms with Crippen molar-refractivity contribution < 1.29 is 24.5 Å². The maximum atomic E-state index is 11.7. The van der Waals surface area contributed by atoms with Gasteiger partial charge in [-0.25, -0.2) is 14.6 Å². The number of hydrogen-bond donors (Lipinski definition) is 2. The summed E-state index contributed by atoms with van der Waals surface area (Å²) >= 11 is 0.848. The number of nitrogens with zero attached hydrogens (tertiary/aromatic N) is 1. The molecule has 0 aliphatic heterocycles. The molecule has 0 fully saturated rings. The number of hydrogen-bond acceptors (Lipinski definition) is 6. The van der Waals surface area contributed by atoms with E-state index in [0.29, 0.717) is 0 Å². The Bertz CT molecular complexity index is 590. The number of carbonyl (C=O) groups is 2. The van der Waals surface area contributed by atoms with E-state index < -0.39 is 11.9 Å². The molecule has 0 saturated heterocycles. The Morgan fingerprint density at radius 2 is 1.89 bits per heavy atom. The minimum atomic E-state index is -1.23. The summed E-state index contributed by atoms with van der Waals surface area (Å²) in [7, 11) is 0. The maximum Gasteiger partial charge on any atom is 0.364 e. The summed E-state index contributed by atoms with van der Waals surface area (Å²) in [4.78, 5) is 26.0. The average Bonchev–Trinajstić information content (AvgIpc) is 2.81. The predicted molar refractivity (Wildman–Crippen MR) is 62.1 cm³/mol. The van der Waals surface area contributed by atoms with Crippen LogP contribution in [0, 0.1) is 0 Å². The van der Waals surface area contributed by atoms with E-state index in [9.17, 15) is 9.59 Å². The summed E-state index contributed by atoms with van der Waals surface area (Å²) in [5.41, 5.74) is 1.03. The van der Waals surface area contributed by atoms with E-state index in [1.165, 1.54) is 29.8 Å². The molecule has 0 saturated carbocycles. The molecule has 18 heavy (non-hydrogen) atoms. The van der Waals surface area contributed by atoms with Gasteiger partial charge in [0.1, 0.15) is 16.4 Å². The molecule has 2 aromatic rings. The number of aromatic nitrogens is 1. The third-order valence-corrected chi connectivity index (χ3v) is 2.82. The molecule has 1 aromatic heterocycles. The van der Waals surface area contributed by atoms with E-state index in [-0.39, 0.29) is 22.1 Å². The van der Waals surface area contributed by atoms with Crippen LogP contribution in [0.4, 0.5) is 0 Å². The van der Waals surface area contributed by atoms with Crippen molar-refractivity contribution in [2.24, 2.45) is 0 Å². The zero-order valence-electron chi connectivity index (χ0n) is 8.86. The van der Waals surface area contributed by atoms with Gasteiger partial charge in [-0.1, -0.05) is 0 Å². The fourth-order valence-electron chi connectivity index (χ4n) is 1.21. The number of rotatable bonds is 3. The number of phenols is 1. The zero-order valence-corrected chi connectivity index (χ0v) is 9.68. The quantitative estimate of drug-likeness (QED) is 0.648. The van der Waals surface area contributed by atoms with Gasteiger partial charge in [-0.15, -0.1) is 11.3 Å². The average molecular weight is 265 g/mol. The molecule has 0 aliphatic carbocycles. The van der Waals surface area contributed by atoms with Crippen LogP contribution in [-0.4, -0.2) is 27.1 Å². The number of aromatic carboxylic acids is 1. The van der Waals surface area contributed by atoms with Crippen LogP contribution in [0.1, 0.15) is 20.2 Å². The lowest BCUT2D eigenvalue weighted by molar-refractivity contribution is 0.0670. The lowest BCUT2D eigenvalue weighted by Crippen LogP contribution is -2.13. The van der Waals surface area contributed by atoms with Gasteiger partial charge >= 0.3 is 11.9 Å². The van der Waals surface area contributed by atoms with Crippen LogP contribution in [0.2, 0.25) is 0 Å².